The number of carbonyl (C=O) groups is 2. The number of nitrogens with zero attached hydrogens (tertiary/aromatic N) is 3. The third kappa shape index (κ3) is 6.02. The van der Waals surface area contributed by atoms with Crippen LogP contribution < -0.4 is 4.74 Å². The molecule has 0 bridgehead atoms. The number of ether oxygens (including phenoxy) is 2. The van der Waals surface area contributed by atoms with Crippen molar-refractivity contribution < 1.29 is 32.2 Å². The molecule has 0 N–H and O–H groups in total. The third-order valence-corrected chi connectivity index (χ3v) is 7.57. The summed E-state index contributed by atoms with van der Waals surface area (Å²) in [5, 5.41) is 1.05. The molecule has 12 heteroatoms. The average molecular weight is 572 g/mol. The number of fused-ring (bicyclic) bond motifs is 1. The summed E-state index contributed by atoms with van der Waals surface area (Å²) in [6, 6.07) is 2.65. The summed E-state index contributed by atoms with van der Waals surface area (Å²) < 4.78 is 48.8. The van der Waals surface area contributed by atoms with Crippen LogP contribution in [0.5, 0.6) is 5.75 Å². The SMILES string of the molecule is COC(=O)CC1CCN(C(=O)c2cnc(Cl)c(Cc3cn(C)c4cc(OC(F)(F)F)cc(C)c34)c2Cl)CC1. The standard InChI is InChI=1S/C26H26Cl2F3N3O4/c1-14-8-17(38-26(29,30)31)11-20-22(14)16(13-33(20)2)10-18-23(27)19(12-32-24(18)28)25(36)34-6-4-15(5-7-34)9-21(35)37-3/h8,11-13,15H,4-7,9-10H2,1-3H3. The maximum Gasteiger partial charge on any atom is 0.573 e. The van der Waals surface area contributed by atoms with E-state index in [1.165, 1.54) is 25.4 Å². The number of pyridine rings is 1. The Balaban J connectivity index is 1.59. The van der Waals surface area contributed by atoms with Gasteiger partial charge in [0.2, 0.25) is 0 Å². The minimum atomic E-state index is -4.80. The number of carbonyl (C=O) groups excluding carboxylic acids is 2. The van der Waals surface area contributed by atoms with Gasteiger partial charge < -0.3 is 18.9 Å². The van der Waals surface area contributed by atoms with E-state index in [9.17, 15) is 22.8 Å². The summed E-state index contributed by atoms with van der Waals surface area (Å²) in [5.41, 5.74) is 2.55. The van der Waals surface area contributed by atoms with Crippen LogP contribution in [0.25, 0.3) is 10.9 Å². The lowest BCUT2D eigenvalue weighted by Crippen LogP contribution is -2.39. The van der Waals surface area contributed by atoms with Crippen molar-refractivity contribution in [1.82, 2.24) is 14.5 Å². The molecule has 4 rings (SSSR count). The predicted octanol–water partition coefficient (Wildman–Crippen LogP) is 6.09. The number of alkyl halides is 3. The molecule has 1 aliphatic heterocycles. The highest BCUT2D eigenvalue weighted by Gasteiger charge is 2.32. The van der Waals surface area contributed by atoms with Gasteiger partial charge in [0.15, 0.2) is 0 Å². The smallest absolute Gasteiger partial charge is 0.469 e. The number of aromatic nitrogens is 2. The largest absolute Gasteiger partial charge is 0.573 e. The fraction of sp³-hybridized carbons (Fsp3) is 0.423. The minimum Gasteiger partial charge on any atom is -0.469 e. The lowest BCUT2D eigenvalue weighted by atomic mass is 9.93. The van der Waals surface area contributed by atoms with Crippen molar-refractivity contribution in [3.05, 3.63) is 57.0 Å². The number of esters is 1. The number of benzene rings is 1. The van der Waals surface area contributed by atoms with E-state index in [1.54, 1.807) is 29.6 Å². The summed E-state index contributed by atoms with van der Waals surface area (Å²) in [7, 11) is 3.07. The van der Waals surface area contributed by atoms with Gasteiger partial charge in [-0.25, -0.2) is 4.98 Å². The Morgan fingerprint density at radius 2 is 1.87 bits per heavy atom. The van der Waals surface area contributed by atoms with E-state index >= 15 is 0 Å². The maximum atomic E-state index is 13.3. The molecule has 38 heavy (non-hydrogen) atoms. The Morgan fingerprint density at radius 3 is 2.50 bits per heavy atom. The Morgan fingerprint density at radius 1 is 1.18 bits per heavy atom. The Bertz CT molecular complexity index is 1380. The molecule has 3 heterocycles. The van der Waals surface area contributed by atoms with Crippen molar-refractivity contribution in [3.63, 3.8) is 0 Å². The van der Waals surface area contributed by atoms with Gasteiger partial charge >= 0.3 is 12.3 Å². The van der Waals surface area contributed by atoms with Crippen molar-refractivity contribution >= 4 is 46.0 Å². The lowest BCUT2D eigenvalue weighted by Gasteiger charge is -2.31. The predicted molar refractivity (Wildman–Crippen MR) is 137 cm³/mol. The van der Waals surface area contributed by atoms with Crippen LogP contribution in [0.1, 0.15) is 46.3 Å². The van der Waals surface area contributed by atoms with Crippen molar-refractivity contribution in [1.29, 1.82) is 0 Å². The van der Waals surface area contributed by atoms with Crippen molar-refractivity contribution in [3.8, 4) is 5.75 Å². The second-order valence-corrected chi connectivity index (χ2v) is 10.1. The van der Waals surface area contributed by atoms with Gasteiger partial charge in [0.05, 0.1) is 23.2 Å². The topological polar surface area (TPSA) is 73.7 Å². The first-order valence-corrected chi connectivity index (χ1v) is 12.7. The first-order chi connectivity index (χ1) is 17.9. The number of piperidine rings is 1. The van der Waals surface area contributed by atoms with Crippen LogP contribution in [0.4, 0.5) is 13.2 Å². The van der Waals surface area contributed by atoms with E-state index in [1.807, 2.05) is 0 Å². The van der Waals surface area contributed by atoms with Gasteiger partial charge in [0.25, 0.3) is 5.91 Å². The third-order valence-electron chi connectivity index (χ3n) is 6.81. The average Bonchev–Trinajstić information content (AvgIpc) is 3.16. The number of halogens is 5. The fourth-order valence-electron chi connectivity index (χ4n) is 4.96. The van der Waals surface area contributed by atoms with E-state index in [0.29, 0.717) is 49.0 Å². The fourth-order valence-corrected chi connectivity index (χ4v) is 5.50. The van der Waals surface area contributed by atoms with E-state index in [4.69, 9.17) is 27.9 Å². The molecule has 204 valence electrons. The van der Waals surface area contributed by atoms with Gasteiger partial charge in [-0.1, -0.05) is 23.2 Å². The van der Waals surface area contributed by atoms with Gasteiger partial charge in [-0.15, -0.1) is 13.2 Å². The van der Waals surface area contributed by atoms with E-state index in [0.717, 1.165) is 10.9 Å². The van der Waals surface area contributed by atoms with Crippen LogP contribution >= 0.6 is 23.2 Å². The molecule has 1 saturated heterocycles. The molecule has 0 unspecified atom stereocenters. The molecule has 0 saturated carbocycles. The molecule has 0 aliphatic carbocycles. The van der Waals surface area contributed by atoms with Crippen LogP contribution in [0, 0.1) is 12.8 Å². The van der Waals surface area contributed by atoms with Crippen molar-refractivity contribution in [2.45, 2.75) is 39.0 Å². The van der Waals surface area contributed by atoms with Gasteiger partial charge in [0.1, 0.15) is 10.9 Å². The molecule has 2 aromatic heterocycles. The zero-order valence-electron chi connectivity index (χ0n) is 21.0. The molecule has 0 radical (unpaired) electrons. The van der Waals surface area contributed by atoms with Gasteiger partial charge in [0, 0.05) is 62.4 Å². The monoisotopic (exact) mass is 571 g/mol. The molecular weight excluding hydrogens is 546 g/mol. The summed E-state index contributed by atoms with van der Waals surface area (Å²) in [6.07, 6.45) is 0.201. The number of methoxy groups -OCH3 is 1. The Kier molecular flexibility index (Phi) is 8.13. The van der Waals surface area contributed by atoms with Gasteiger partial charge in [-0.3, -0.25) is 9.59 Å². The van der Waals surface area contributed by atoms with E-state index < -0.39 is 6.36 Å². The number of aryl methyl sites for hydroxylation is 2. The van der Waals surface area contributed by atoms with Crippen LogP contribution in [0.3, 0.4) is 0 Å². The van der Waals surface area contributed by atoms with Crippen LogP contribution in [-0.2, 0) is 23.0 Å². The zero-order chi connectivity index (χ0) is 27.8. The number of amides is 1. The van der Waals surface area contributed by atoms with Crippen molar-refractivity contribution in [2.75, 3.05) is 20.2 Å². The molecule has 1 amide bonds. The quantitative estimate of drug-likeness (QED) is 0.264. The maximum absolute atomic E-state index is 13.3. The molecule has 0 spiro atoms. The lowest BCUT2D eigenvalue weighted by molar-refractivity contribution is -0.274. The molecule has 3 aromatic rings. The summed E-state index contributed by atoms with van der Waals surface area (Å²) in [4.78, 5) is 30.7. The van der Waals surface area contributed by atoms with E-state index in [2.05, 4.69) is 9.72 Å². The number of hydrogen-bond acceptors (Lipinski definition) is 5. The Labute approximate surface area is 227 Å². The van der Waals surface area contributed by atoms with Gasteiger partial charge in [-0.2, -0.15) is 0 Å². The van der Waals surface area contributed by atoms with Crippen LogP contribution in [0.15, 0.2) is 24.5 Å². The first kappa shape index (κ1) is 28.0. The zero-order valence-corrected chi connectivity index (χ0v) is 22.5. The number of likely N-dealkylation sites (tertiary alicyclic amines) is 1. The first-order valence-electron chi connectivity index (χ1n) is 11.9. The molecule has 1 fully saturated rings. The molecule has 1 aromatic carbocycles. The highest BCUT2D eigenvalue weighted by molar-refractivity contribution is 6.37. The van der Waals surface area contributed by atoms with Crippen LogP contribution in [0.2, 0.25) is 10.2 Å². The summed E-state index contributed by atoms with van der Waals surface area (Å²) in [6.45, 7) is 2.64. The Hall–Kier alpha value is -2.98. The van der Waals surface area contributed by atoms with E-state index in [-0.39, 0.29) is 45.7 Å². The minimum absolute atomic E-state index is 0.134. The summed E-state index contributed by atoms with van der Waals surface area (Å²) in [5.74, 6) is -0.703. The number of hydrogen-bond donors (Lipinski definition) is 0. The molecular formula is C26H26Cl2F3N3O4. The molecule has 1 aliphatic rings. The van der Waals surface area contributed by atoms with Gasteiger partial charge in [-0.05, 0) is 42.9 Å². The molecule has 0 atom stereocenters. The van der Waals surface area contributed by atoms with Crippen molar-refractivity contribution in [2.24, 2.45) is 13.0 Å². The second-order valence-electron chi connectivity index (χ2n) is 9.40. The normalized spacial score (nSPS) is 14.7. The van der Waals surface area contributed by atoms with Crippen LogP contribution in [-0.4, -0.2) is 52.9 Å². The second kappa shape index (κ2) is 11.0. The molecule has 7 nitrogen and oxygen atoms in total. The highest BCUT2D eigenvalue weighted by Crippen LogP contribution is 2.36. The highest BCUT2D eigenvalue weighted by atomic mass is 35.5. The number of rotatable bonds is 6. The summed E-state index contributed by atoms with van der Waals surface area (Å²) >= 11 is 13.1.